The van der Waals surface area contributed by atoms with Gasteiger partial charge in [-0.05, 0) is 25.3 Å². The smallest absolute Gasteiger partial charge is 0.123 e. The minimum atomic E-state index is 0.199. The molecule has 0 amide bonds. The zero-order valence-electron chi connectivity index (χ0n) is 10.5. The fourth-order valence-electron chi connectivity index (χ4n) is 2.23. The standard InChI is InChI=1S/C13H18N2O2S/c1-16-9-3-2-4-10(7-9)17-11-5-6-15-12(8-11)13(14)18/h5-6,8-10H,2-4,7H2,1H3,(H2,14,18). The molecule has 2 rings (SSSR count). The van der Waals surface area contributed by atoms with E-state index in [1.165, 1.54) is 0 Å². The van der Waals surface area contributed by atoms with E-state index in [4.69, 9.17) is 27.4 Å². The Morgan fingerprint density at radius 1 is 1.44 bits per heavy atom. The normalized spacial score (nSPS) is 23.6. The minimum Gasteiger partial charge on any atom is -0.490 e. The molecule has 1 saturated carbocycles. The lowest BCUT2D eigenvalue weighted by atomic mass is 9.95. The van der Waals surface area contributed by atoms with Gasteiger partial charge in [0.1, 0.15) is 22.5 Å². The number of hydrogen-bond acceptors (Lipinski definition) is 4. The number of methoxy groups -OCH3 is 1. The van der Waals surface area contributed by atoms with E-state index < -0.39 is 0 Å². The average molecular weight is 266 g/mol. The molecule has 0 aromatic carbocycles. The van der Waals surface area contributed by atoms with Gasteiger partial charge in [0.15, 0.2) is 0 Å². The van der Waals surface area contributed by atoms with Crippen molar-refractivity contribution >= 4 is 17.2 Å². The monoisotopic (exact) mass is 266 g/mol. The second-order valence-corrected chi connectivity index (χ2v) is 4.95. The molecule has 0 radical (unpaired) electrons. The zero-order chi connectivity index (χ0) is 13.0. The summed E-state index contributed by atoms with van der Waals surface area (Å²) < 4.78 is 11.3. The van der Waals surface area contributed by atoms with Crippen molar-refractivity contribution < 1.29 is 9.47 Å². The highest BCUT2D eigenvalue weighted by molar-refractivity contribution is 7.80. The fourth-order valence-corrected chi connectivity index (χ4v) is 2.35. The lowest BCUT2D eigenvalue weighted by molar-refractivity contribution is 0.0209. The van der Waals surface area contributed by atoms with Crippen molar-refractivity contribution in [3.05, 3.63) is 24.0 Å². The summed E-state index contributed by atoms with van der Waals surface area (Å²) in [5, 5.41) is 0. The van der Waals surface area contributed by atoms with Crippen LogP contribution < -0.4 is 10.5 Å². The van der Waals surface area contributed by atoms with Gasteiger partial charge >= 0.3 is 0 Å². The summed E-state index contributed by atoms with van der Waals surface area (Å²) in [6, 6.07) is 3.62. The van der Waals surface area contributed by atoms with Crippen LogP contribution in [0.15, 0.2) is 18.3 Å². The van der Waals surface area contributed by atoms with Crippen molar-refractivity contribution in [2.45, 2.75) is 37.9 Å². The van der Waals surface area contributed by atoms with Gasteiger partial charge in [-0.2, -0.15) is 0 Å². The molecule has 4 nitrogen and oxygen atoms in total. The number of pyridine rings is 1. The van der Waals surface area contributed by atoms with Crippen LogP contribution in [0.1, 0.15) is 31.4 Å². The van der Waals surface area contributed by atoms with Gasteiger partial charge < -0.3 is 15.2 Å². The molecule has 1 aliphatic rings. The van der Waals surface area contributed by atoms with E-state index in [0.29, 0.717) is 16.8 Å². The van der Waals surface area contributed by atoms with Crippen LogP contribution in [0.5, 0.6) is 5.75 Å². The highest BCUT2D eigenvalue weighted by Crippen LogP contribution is 2.25. The van der Waals surface area contributed by atoms with Gasteiger partial charge in [0.25, 0.3) is 0 Å². The molecule has 0 saturated heterocycles. The van der Waals surface area contributed by atoms with Crippen molar-refractivity contribution in [2.24, 2.45) is 5.73 Å². The van der Waals surface area contributed by atoms with Gasteiger partial charge in [0.2, 0.25) is 0 Å². The second-order valence-electron chi connectivity index (χ2n) is 4.51. The molecule has 0 bridgehead atoms. The average Bonchev–Trinajstić information content (AvgIpc) is 2.39. The maximum atomic E-state index is 5.94. The third kappa shape index (κ3) is 3.40. The fraction of sp³-hybridized carbons (Fsp3) is 0.538. The predicted molar refractivity (Wildman–Crippen MR) is 73.8 cm³/mol. The summed E-state index contributed by atoms with van der Waals surface area (Å²) in [5.74, 6) is 0.773. The lowest BCUT2D eigenvalue weighted by Gasteiger charge is -2.28. The molecule has 1 heterocycles. The maximum absolute atomic E-state index is 5.94. The Kier molecular flexibility index (Phi) is 4.49. The topological polar surface area (TPSA) is 57.4 Å². The van der Waals surface area contributed by atoms with Crippen LogP contribution in [0.25, 0.3) is 0 Å². The molecule has 2 unspecified atom stereocenters. The summed E-state index contributed by atoms with van der Waals surface area (Å²) in [6.07, 6.45) is 6.42. The zero-order valence-corrected chi connectivity index (χ0v) is 11.3. The first-order chi connectivity index (χ1) is 8.69. The Bertz CT molecular complexity index is 425. The molecule has 1 aliphatic carbocycles. The van der Waals surface area contributed by atoms with Gasteiger partial charge in [-0.15, -0.1) is 0 Å². The Balaban J connectivity index is 2.00. The maximum Gasteiger partial charge on any atom is 0.123 e. The van der Waals surface area contributed by atoms with Crippen molar-refractivity contribution in [3.63, 3.8) is 0 Å². The highest BCUT2D eigenvalue weighted by atomic mass is 32.1. The lowest BCUT2D eigenvalue weighted by Crippen LogP contribution is -2.29. The van der Waals surface area contributed by atoms with Crippen LogP contribution in [-0.4, -0.2) is 29.3 Å². The molecule has 1 fully saturated rings. The van der Waals surface area contributed by atoms with Crippen LogP contribution in [0.3, 0.4) is 0 Å². The first kappa shape index (κ1) is 13.2. The van der Waals surface area contributed by atoms with E-state index in [9.17, 15) is 0 Å². The number of nitrogens with zero attached hydrogens (tertiary/aromatic N) is 1. The van der Waals surface area contributed by atoms with E-state index in [1.54, 1.807) is 19.4 Å². The van der Waals surface area contributed by atoms with E-state index in [-0.39, 0.29) is 6.10 Å². The third-order valence-electron chi connectivity index (χ3n) is 3.20. The Hall–Kier alpha value is -1.20. The van der Waals surface area contributed by atoms with Gasteiger partial charge in [-0.1, -0.05) is 12.2 Å². The summed E-state index contributed by atoms with van der Waals surface area (Å²) in [6.45, 7) is 0. The van der Waals surface area contributed by atoms with Crippen LogP contribution in [-0.2, 0) is 4.74 Å². The Labute approximate surface area is 112 Å². The molecule has 1 aromatic heterocycles. The van der Waals surface area contributed by atoms with Gasteiger partial charge in [-0.3, -0.25) is 4.98 Å². The quantitative estimate of drug-likeness (QED) is 0.845. The number of hydrogen-bond donors (Lipinski definition) is 1. The molecular formula is C13H18N2O2S. The van der Waals surface area contributed by atoms with E-state index in [0.717, 1.165) is 31.4 Å². The first-order valence-corrected chi connectivity index (χ1v) is 6.55. The summed E-state index contributed by atoms with van der Waals surface area (Å²) in [7, 11) is 1.75. The van der Waals surface area contributed by atoms with Crippen LogP contribution in [0.4, 0.5) is 0 Å². The van der Waals surface area contributed by atoms with Crippen molar-refractivity contribution in [2.75, 3.05) is 7.11 Å². The molecule has 2 N–H and O–H groups in total. The number of nitrogens with two attached hydrogens (primary N) is 1. The summed E-state index contributed by atoms with van der Waals surface area (Å²) >= 11 is 4.90. The van der Waals surface area contributed by atoms with Crippen molar-refractivity contribution in [3.8, 4) is 5.75 Å². The van der Waals surface area contributed by atoms with Gasteiger partial charge in [0.05, 0.1) is 6.10 Å². The Morgan fingerprint density at radius 2 is 2.22 bits per heavy atom. The molecular weight excluding hydrogens is 248 g/mol. The van der Waals surface area contributed by atoms with Crippen molar-refractivity contribution in [1.82, 2.24) is 4.98 Å². The van der Waals surface area contributed by atoms with E-state index in [2.05, 4.69) is 4.98 Å². The predicted octanol–water partition coefficient (Wildman–Crippen LogP) is 2.05. The number of aromatic nitrogens is 1. The highest BCUT2D eigenvalue weighted by Gasteiger charge is 2.23. The van der Waals surface area contributed by atoms with E-state index >= 15 is 0 Å². The van der Waals surface area contributed by atoms with Crippen LogP contribution in [0, 0.1) is 0 Å². The number of thiocarbonyl (C=S) groups is 1. The number of ether oxygens (including phenoxy) is 2. The van der Waals surface area contributed by atoms with Gasteiger partial charge in [0, 0.05) is 25.8 Å². The molecule has 2 atom stereocenters. The summed E-state index contributed by atoms with van der Waals surface area (Å²) in [4.78, 5) is 4.38. The molecule has 5 heteroatoms. The van der Waals surface area contributed by atoms with Gasteiger partial charge in [-0.25, -0.2) is 0 Å². The third-order valence-corrected chi connectivity index (χ3v) is 3.41. The number of rotatable bonds is 4. The largest absolute Gasteiger partial charge is 0.490 e. The van der Waals surface area contributed by atoms with E-state index in [1.807, 2.05) is 6.07 Å². The minimum absolute atomic E-state index is 0.199. The first-order valence-electron chi connectivity index (χ1n) is 6.14. The van der Waals surface area contributed by atoms with Crippen molar-refractivity contribution in [1.29, 1.82) is 0 Å². The Morgan fingerprint density at radius 3 is 2.94 bits per heavy atom. The second kappa shape index (κ2) is 6.11. The molecule has 1 aromatic rings. The molecule has 0 spiro atoms. The van der Waals surface area contributed by atoms with Crippen LogP contribution >= 0.6 is 12.2 Å². The summed E-state index contributed by atoms with van der Waals surface area (Å²) in [5.41, 5.74) is 6.15. The SMILES string of the molecule is COC1CCCC(Oc2ccnc(C(N)=S)c2)C1. The molecule has 98 valence electrons. The molecule has 0 aliphatic heterocycles. The van der Waals surface area contributed by atoms with Crippen LogP contribution in [0.2, 0.25) is 0 Å². The molecule has 18 heavy (non-hydrogen) atoms.